The maximum atomic E-state index is 11.7. The van der Waals surface area contributed by atoms with Gasteiger partial charge in [0.2, 0.25) is 0 Å². The zero-order valence-corrected chi connectivity index (χ0v) is 8.49. The van der Waals surface area contributed by atoms with Gasteiger partial charge < -0.3 is 14.4 Å². The lowest BCUT2D eigenvalue weighted by molar-refractivity contribution is -0.173. The van der Waals surface area contributed by atoms with Gasteiger partial charge in [0.15, 0.2) is 5.82 Å². The molecular formula is C8H11F3N2O3. The second-order valence-corrected chi connectivity index (χ2v) is 3.14. The molecule has 1 rings (SSSR count). The van der Waals surface area contributed by atoms with Crippen molar-refractivity contribution in [2.45, 2.75) is 25.6 Å². The number of hydrogen-bond acceptors (Lipinski definition) is 5. The first-order chi connectivity index (χ1) is 7.38. The molecule has 0 saturated heterocycles. The van der Waals surface area contributed by atoms with Crippen molar-refractivity contribution in [3.05, 3.63) is 11.7 Å². The van der Waals surface area contributed by atoms with Crippen LogP contribution in [0.3, 0.4) is 0 Å². The number of rotatable bonds is 5. The highest BCUT2D eigenvalue weighted by atomic mass is 19.4. The summed E-state index contributed by atoms with van der Waals surface area (Å²) in [5.41, 5.74) is 0. The molecular weight excluding hydrogens is 229 g/mol. The van der Waals surface area contributed by atoms with Crippen molar-refractivity contribution in [1.29, 1.82) is 0 Å². The first-order valence-corrected chi connectivity index (χ1v) is 4.53. The number of alkyl halides is 3. The van der Waals surface area contributed by atoms with Crippen LogP contribution in [-0.4, -0.2) is 34.6 Å². The summed E-state index contributed by atoms with van der Waals surface area (Å²) in [6.45, 7) is -0.0101. The third kappa shape index (κ3) is 4.58. The Kier molecular flexibility index (Phi) is 4.25. The lowest BCUT2D eigenvalue weighted by Gasteiger charge is -2.05. The van der Waals surface area contributed by atoms with E-state index in [9.17, 15) is 13.2 Å². The van der Waals surface area contributed by atoms with Crippen LogP contribution < -0.4 is 0 Å². The first kappa shape index (κ1) is 12.9. The number of aliphatic hydroxyl groups excluding tert-OH is 1. The van der Waals surface area contributed by atoms with Gasteiger partial charge in [-0.25, -0.2) is 0 Å². The fourth-order valence-corrected chi connectivity index (χ4v) is 0.890. The molecule has 16 heavy (non-hydrogen) atoms. The molecule has 1 atom stereocenters. The molecule has 1 heterocycles. The summed E-state index contributed by atoms with van der Waals surface area (Å²) in [6.07, 6.45) is -5.12. The van der Waals surface area contributed by atoms with Crippen LogP contribution in [-0.2, 0) is 11.2 Å². The molecule has 0 fully saturated rings. The Morgan fingerprint density at radius 2 is 2.19 bits per heavy atom. The Labute approximate surface area is 89.2 Å². The maximum Gasteiger partial charge on any atom is 0.411 e. The maximum absolute atomic E-state index is 11.7. The van der Waals surface area contributed by atoms with Crippen LogP contribution in [0.4, 0.5) is 13.2 Å². The minimum absolute atomic E-state index is 0.0332. The number of aliphatic hydroxyl groups is 1. The molecule has 0 unspecified atom stereocenters. The number of nitrogens with zero attached hydrogens (tertiary/aromatic N) is 2. The molecule has 0 aromatic carbocycles. The molecule has 0 radical (unpaired) electrons. The molecule has 0 aliphatic carbocycles. The molecule has 1 aromatic heterocycles. The SMILES string of the molecule is C[C@H](O)c1nc(CCOCC(F)(F)F)no1. The van der Waals surface area contributed by atoms with E-state index in [1.807, 2.05) is 0 Å². The molecule has 0 aliphatic rings. The van der Waals surface area contributed by atoms with Gasteiger partial charge in [-0.15, -0.1) is 0 Å². The summed E-state index contributed by atoms with van der Waals surface area (Å²) in [7, 11) is 0. The van der Waals surface area contributed by atoms with Gasteiger partial charge in [-0.2, -0.15) is 18.2 Å². The molecule has 92 valence electrons. The molecule has 1 N–H and O–H groups in total. The van der Waals surface area contributed by atoms with Crippen LogP contribution in [0.5, 0.6) is 0 Å². The summed E-state index contributed by atoms with van der Waals surface area (Å²) in [6, 6.07) is 0. The van der Waals surface area contributed by atoms with Gasteiger partial charge >= 0.3 is 6.18 Å². The van der Waals surface area contributed by atoms with Gasteiger partial charge in [0.1, 0.15) is 12.7 Å². The van der Waals surface area contributed by atoms with E-state index in [4.69, 9.17) is 5.11 Å². The van der Waals surface area contributed by atoms with Crippen molar-refractivity contribution in [2.24, 2.45) is 0 Å². The summed E-state index contributed by atoms with van der Waals surface area (Å²) < 4.78 is 44.0. The van der Waals surface area contributed by atoms with Gasteiger partial charge in [0, 0.05) is 6.42 Å². The summed E-state index contributed by atoms with van der Waals surface area (Å²) in [5, 5.41) is 12.5. The van der Waals surface area contributed by atoms with E-state index in [0.717, 1.165) is 0 Å². The zero-order valence-electron chi connectivity index (χ0n) is 8.49. The average molecular weight is 240 g/mol. The Balaban J connectivity index is 2.27. The topological polar surface area (TPSA) is 68.4 Å². The number of halogens is 3. The van der Waals surface area contributed by atoms with Crippen molar-refractivity contribution in [1.82, 2.24) is 10.1 Å². The predicted molar refractivity (Wildman–Crippen MR) is 45.5 cm³/mol. The van der Waals surface area contributed by atoms with E-state index >= 15 is 0 Å². The van der Waals surface area contributed by atoms with Crippen LogP contribution in [0.15, 0.2) is 4.52 Å². The first-order valence-electron chi connectivity index (χ1n) is 4.53. The van der Waals surface area contributed by atoms with Gasteiger partial charge in [0.25, 0.3) is 5.89 Å². The normalized spacial score (nSPS) is 14.1. The van der Waals surface area contributed by atoms with E-state index < -0.39 is 18.9 Å². The van der Waals surface area contributed by atoms with E-state index in [-0.39, 0.29) is 24.7 Å². The minimum atomic E-state index is -4.33. The van der Waals surface area contributed by atoms with E-state index in [1.165, 1.54) is 6.92 Å². The number of hydrogen-bond donors (Lipinski definition) is 1. The van der Waals surface area contributed by atoms with Crippen LogP contribution in [0, 0.1) is 0 Å². The summed E-state index contributed by atoms with van der Waals surface area (Å²) in [4.78, 5) is 3.75. The van der Waals surface area contributed by atoms with Crippen molar-refractivity contribution in [3.8, 4) is 0 Å². The van der Waals surface area contributed by atoms with E-state index in [1.54, 1.807) is 0 Å². The smallest absolute Gasteiger partial charge is 0.384 e. The average Bonchev–Trinajstić information content (AvgIpc) is 2.59. The second-order valence-electron chi connectivity index (χ2n) is 3.14. The molecule has 8 heteroatoms. The van der Waals surface area contributed by atoms with Crippen LogP contribution in [0.25, 0.3) is 0 Å². The molecule has 0 aliphatic heterocycles. The zero-order chi connectivity index (χ0) is 12.2. The van der Waals surface area contributed by atoms with Gasteiger partial charge in [-0.05, 0) is 6.92 Å². The highest BCUT2D eigenvalue weighted by molar-refractivity contribution is 4.88. The Morgan fingerprint density at radius 1 is 1.50 bits per heavy atom. The molecule has 0 amide bonds. The number of ether oxygens (including phenoxy) is 1. The molecule has 0 spiro atoms. The third-order valence-corrected chi connectivity index (χ3v) is 1.58. The lowest BCUT2D eigenvalue weighted by Crippen LogP contribution is -2.18. The highest BCUT2D eigenvalue weighted by Gasteiger charge is 2.27. The second kappa shape index (κ2) is 5.26. The highest BCUT2D eigenvalue weighted by Crippen LogP contribution is 2.14. The Hall–Kier alpha value is -1.15. The van der Waals surface area contributed by atoms with Gasteiger partial charge in [-0.3, -0.25) is 0 Å². The Morgan fingerprint density at radius 3 is 2.69 bits per heavy atom. The van der Waals surface area contributed by atoms with Crippen LogP contribution in [0.2, 0.25) is 0 Å². The van der Waals surface area contributed by atoms with Crippen LogP contribution >= 0.6 is 0 Å². The quantitative estimate of drug-likeness (QED) is 0.784. The lowest BCUT2D eigenvalue weighted by atomic mass is 10.4. The Bertz CT molecular complexity index is 325. The minimum Gasteiger partial charge on any atom is -0.384 e. The predicted octanol–water partition coefficient (Wildman–Crippen LogP) is 1.24. The molecule has 0 saturated carbocycles. The van der Waals surface area contributed by atoms with Gasteiger partial charge in [-0.1, -0.05) is 5.16 Å². The van der Waals surface area contributed by atoms with E-state index in [2.05, 4.69) is 19.4 Å². The van der Waals surface area contributed by atoms with Crippen molar-refractivity contribution >= 4 is 0 Å². The summed E-state index contributed by atoms with van der Waals surface area (Å²) >= 11 is 0. The van der Waals surface area contributed by atoms with Crippen molar-refractivity contribution < 1.29 is 27.5 Å². The number of aromatic nitrogens is 2. The molecule has 5 nitrogen and oxygen atoms in total. The fourth-order valence-electron chi connectivity index (χ4n) is 0.890. The largest absolute Gasteiger partial charge is 0.411 e. The molecule has 0 bridgehead atoms. The van der Waals surface area contributed by atoms with Crippen molar-refractivity contribution in [3.63, 3.8) is 0 Å². The van der Waals surface area contributed by atoms with E-state index in [0.29, 0.717) is 0 Å². The van der Waals surface area contributed by atoms with Gasteiger partial charge in [0.05, 0.1) is 6.61 Å². The third-order valence-electron chi connectivity index (χ3n) is 1.58. The molecule has 1 aromatic rings. The monoisotopic (exact) mass is 240 g/mol. The summed E-state index contributed by atoms with van der Waals surface area (Å²) in [5.74, 6) is 0.240. The van der Waals surface area contributed by atoms with Crippen molar-refractivity contribution in [2.75, 3.05) is 13.2 Å². The standard InChI is InChI=1S/C8H11F3N2O3/c1-5(14)7-12-6(13-16-7)2-3-15-4-8(9,10)11/h5,14H,2-4H2,1H3/t5-/m0/s1. The van der Waals surface area contributed by atoms with Crippen LogP contribution in [0.1, 0.15) is 24.7 Å². The fraction of sp³-hybridized carbons (Fsp3) is 0.750.